The number of nitrogens with zero attached hydrogens (tertiary/aromatic N) is 2. The maximum absolute atomic E-state index is 13.3. The van der Waals surface area contributed by atoms with E-state index in [0.717, 1.165) is 5.56 Å². The molecule has 0 saturated carbocycles. The van der Waals surface area contributed by atoms with Crippen LogP contribution in [-0.2, 0) is 6.42 Å². The average molecular weight is 396 g/mol. The molecule has 150 valence electrons. The van der Waals surface area contributed by atoms with Crippen LogP contribution >= 0.6 is 0 Å². The van der Waals surface area contributed by atoms with E-state index in [4.69, 9.17) is 9.47 Å². The van der Waals surface area contributed by atoms with Crippen LogP contribution in [0.15, 0.2) is 54.7 Å². The van der Waals surface area contributed by atoms with Gasteiger partial charge in [-0.3, -0.25) is 4.79 Å². The van der Waals surface area contributed by atoms with Crippen LogP contribution in [0.4, 0.5) is 16.0 Å². The largest absolute Gasteiger partial charge is 0.493 e. The lowest BCUT2D eigenvalue weighted by molar-refractivity contribution is 0.102. The first-order valence-corrected chi connectivity index (χ1v) is 8.94. The van der Waals surface area contributed by atoms with Crippen molar-refractivity contribution in [3.05, 3.63) is 71.8 Å². The molecule has 7 nitrogen and oxygen atoms in total. The normalized spacial score (nSPS) is 10.3. The van der Waals surface area contributed by atoms with Gasteiger partial charge in [-0.15, -0.1) is 0 Å². The van der Waals surface area contributed by atoms with Crippen LogP contribution in [0.1, 0.15) is 16.1 Å². The molecule has 2 N–H and O–H groups in total. The first-order chi connectivity index (χ1) is 14.1. The summed E-state index contributed by atoms with van der Waals surface area (Å²) < 4.78 is 23.8. The minimum Gasteiger partial charge on any atom is -0.493 e. The van der Waals surface area contributed by atoms with Gasteiger partial charge in [-0.05, 0) is 48.4 Å². The molecule has 1 amide bonds. The fourth-order valence-electron chi connectivity index (χ4n) is 2.69. The van der Waals surface area contributed by atoms with Crippen molar-refractivity contribution in [3.63, 3.8) is 0 Å². The number of amides is 1. The summed E-state index contributed by atoms with van der Waals surface area (Å²) in [6.45, 7) is 0.560. The molecule has 0 unspecified atom stereocenters. The molecule has 0 radical (unpaired) electrons. The Morgan fingerprint density at radius 1 is 1.07 bits per heavy atom. The van der Waals surface area contributed by atoms with Crippen molar-refractivity contribution >= 4 is 17.5 Å². The molecule has 0 fully saturated rings. The zero-order chi connectivity index (χ0) is 20.6. The number of anilines is 2. The number of hydrogen-bond acceptors (Lipinski definition) is 6. The van der Waals surface area contributed by atoms with Crippen LogP contribution in [0.3, 0.4) is 0 Å². The zero-order valence-corrected chi connectivity index (χ0v) is 16.1. The summed E-state index contributed by atoms with van der Waals surface area (Å²) in [4.78, 5) is 20.7. The molecular weight excluding hydrogens is 375 g/mol. The van der Waals surface area contributed by atoms with Crippen LogP contribution in [0, 0.1) is 5.82 Å². The highest BCUT2D eigenvalue weighted by Gasteiger charge is 2.10. The molecule has 3 aromatic rings. The number of benzene rings is 2. The van der Waals surface area contributed by atoms with E-state index in [-0.39, 0.29) is 5.69 Å². The summed E-state index contributed by atoms with van der Waals surface area (Å²) in [5.41, 5.74) is 1.59. The molecular formula is C21H21FN4O3. The van der Waals surface area contributed by atoms with Gasteiger partial charge in [-0.1, -0.05) is 12.1 Å². The molecule has 0 atom stereocenters. The fourth-order valence-corrected chi connectivity index (χ4v) is 2.69. The van der Waals surface area contributed by atoms with Gasteiger partial charge < -0.3 is 20.1 Å². The lowest BCUT2D eigenvalue weighted by Gasteiger charge is -2.10. The van der Waals surface area contributed by atoms with Gasteiger partial charge in [-0.2, -0.15) is 0 Å². The molecule has 0 saturated heterocycles. The Hall–Kier alpha value is -3.68. The van der Waals surface area contributed by atoms with Crippen molar-refractivity contribution in [2.75, 3.05) is 31.4 Å². The van der Waals surface area contributed by atoms with E-state index in [9.17, 15) is 9.18 Å². The third kappa shape index (κ3) is 5.41. The Labute approximate surface area is 167 Å². The van der Waals surface area contributed by atoms with Crippen molar-refractivity contribution in [1.82, 2.24) is 9.97 Å². The summed E-state index contributed by atoms with van der Waals surface area (Å²) in [7, 11) is 3.18. The van der Waals surface area contributed by atoms with Gasteiger partial charge >= 0.3 is 0 Å². The number of carbonyl (C=O) groups is 1. The summed E-state index contributed by atoms with van der Waals surface area (Å²) in [5.74, 6) is 0.795. The SMILES string of the molecule is COc1ccc(CCNc2nccc(C(=O)Nc3cccc(F)c3)n2)cc1OC. The third-order valence-electron chi connectivity index (χ3n) is 4.12. The van der Waals surface area contributed by atoms with Crippen LogP contribution in [0.2, 0.25) is 0 Å². The Balaban J connectivity index is 1.59. The predicted octanol–water partition coefficient (Wildman–Crippen LogP) is 3.54. The lowest BCUT2D eigenvalue weighted by atomic mass is 10.1. The molecule has 1 aromatic heterocycles. The highest BCUT2D eigenvalue weighted by molar-refractivity contribution is 6.02. The molecule has 8 heteroatoms. The Morgan fingerprint density at radius 3 is 2.66 bits per heavy atom. The number of methoxy groups -OCH3 is 2. The van der Waals surface area contributed by atoms with Crippen molar-refractivity contribution in [3.8, 4) is 11.5 Å². The maximum Gasteiger partial charge on any atom is 0.274 e. The molecule has 3 rings (SSSR count). The van der Waals surface area contributed by atoms with E-state index in [1.807, 2.05) is 18.2 Å². The summed E-state index contributed by atoms with van der Waals surface area (Å²) in [6, 6.07) is 12.9. The third-order valence-corrected chi connectivity index (χ3v) is 4.12. The first kappa shape index (κ1) is 20.1. The van der Waals surface area contributed by atoms with Crippen LogP contribution < -0.4 is 20.1 Å². The topological polar surface area (TPSA) is 85.4 Å². The Bertz CT molecular complexity index is 997. The molecule has 29 heavy (non-hydrogen) atoms. The lowest BCUT2D eigenvalue weighted by Crippen LogP contribution is -2.16. The van der Waals surface area contributed by atoms with Gasteiger partial charge in [0.1, 0.15) is 11.5 Å². The molecule has 0 spiro atoms. The molecule has 1 heterocycles. The quantitative estimate of drug-likeness (QED) is 0.606. The van der Waals surface area contributed by atoms with E-state index in [1.165, 1.54) is 30.5 Å². The van der Waals surface area contributed by atoms with Crippen molar-refractivity contribution in [1.29, 1.82) is 0 Å². The van der Waals surface area contributed by atoms with Crippen LogP contribution in [0.5, 0.6) is 11.5 Å². The van der Waals surface area contributed by atoms with Crippen molar-refractivity contribution in [2.45, 2.75) is 6.42 Å². The monoisotopic (exact) mass is 396 g/mol. The maximum atomic E-state index is 13.3. The van der Waals surface area contributed by atoms with E-state index >= 15 is 0 Å². The standard InChI is InChI=1S/C21H21FN4O3/c1-28-18-7-6-14(12-19(18)29-2)8-10-23-21-24-11-9-17(26-21)20(27)25-16-5-3-4-15(22)13-16/h3-7,9,11-13H,8,10H2,1-2H3,(H,25,27)(H,23,24,26). The second kappa shape index (κ2) is 9.50. The number of nitrogens with one attached hydrogen (secondary N) is 2. The second-order valence-corrected chi connectivity index (χ2v) is 6.10. The highest BCUT2D eigenvalue weighted by atomic mass is 19.1. The van der Waals surface area contributed by atoms with E-state index in [0.29, 0.717) is 36.1 Å². The van der Waals surface area contributed by atoms with Crippen molar-refractivity contribution < 1.29 is 18.7 Å². The molecule has 0 aliphatic carbocycles. The highest BCUT2D eigenvalue weighted by Crippen LogP contribution is 2.27. The van der Waals surface area contributed by atoms with Crippen LogP contribution in [0.25, 0.3) is 0 Å². The van der Waals surface area contributed by atoms with E-state index < -0.39 is 11.7 Å². The average Bonchev–Trinajstić information content (AvgIpc) is 2.74. The van der Waals surface area contributed by atoms with Gasteiger partial charge in [0.2, 0.25) is 5.95 Å². The number of rotatable bonds is 8. The number of carbonyl (C=O) groups excluding carboxylic acids is 1. The second-order valence-electron chi connectivity index (χ2n) is 6.10. The number of ether oxygens (including phenoxy) is 2. The number of hydrogen-bond donors (Lipinski definition) is 2. The van der Waals surface area contributed by atoms with E-state index in [2.05, 4.69) is 20.6 Å². The molecule has 0 aliphatic rings. The Morgan fingerprint density at radius 2 is 1.90 bits per heavy atom. The van der Waals surface area contributed by atoms with Crippen molar-refractivity contribution in [2.24, 2.45) is 0 Å². The fraction of sp³-hybridized carbons (Fsp3) is 0.190. The summed E-state index contributed by atoms with van der Waals surface area (Å²) in [5, 5.41) is 5.70. The first-order valence-electron chi connectivity index (χ1n) is 8.94. The predicted molar refractivity (Wildman–Crippen MR) is 108 cm³/mol. The van der Waals surface area contributed by atoms with Gasteiger partial charge in [-0.25, -0.2) is 14.4 Å². The summed E-state index contributed by atoms with van der Waals surface area (Å²) >= 11 is 0. The zero-order valence-electron chi connectivity index (χ0n) is 16.1. The molecule has 0 aliphatic heterocycles. The van der Waals surface area contributed by atoms with Gasteiger partial charge in [0.05, 0.1) is 14.2 Å². The molecule has 0 bridgehead atoms. The van der Waals surface area contributed by atoms with Gasteiger partial charge in [0.15, 0.2) is 11.5 Å². The summed E-state index contributed by atoms with van der Waals surface area (Å²) in [6.07, 6.45) is 2.19. The minimum atomic E-state index is -0.444. The van der Waals surface area contributed by atoms with Crippen LogP contribution in [-0.4, -0.2) is 36.6 Å². The number of halogens is 1. The minimum absolute atomic E-state index is 0.179. The van der Waals surface area contributed by atoms with Gasteiger partial charge in [0, 0.05) is 18.4 Å². The van der Waals surface area contributed by atoms with Gasteiger partial charge in [0.25, 0.3) is 5.91 Å². The van der Waals surface area contributed by atoms with E-state index in [1.54, 1.807) is 20.3 Å². The number of aromatic nitrogens is 2. The smallest absolute Gasteiger partial charge is 0.274 e. The Kier molecular flexibility index (Phi) is 6.57. The molecule has 2 aromatic carbocycles.